The van der Waals surface area contributed by atoms with Crippen LogP contribution in [0.4, 0.5) is 5.69 Å². The van der Waals surface area contributed by atoms with Crippen molar-refractivity contribution in [3.8, 4) is 11.5 Å². The molecule has 0 aliphatic heterocycles. The second-order valence-corrected chi connectivity index (χ2v) is 3.17. The topological polar surface area (TPSA) is 122 Å². The summed E-state index contributed by atoms with van der Waals surface area (Å²) in [5.41, 5.74) is 3.74. The number of primary amides is 1. The predicted octanol–water partition coefficient (Wildman–Crippen LogP) is 0.280. The van der Waals surface area contributed by atoms with Gasteiger partial charge in [0.25, 0.3) is 17.4 Å². The number of carbonyl (C=O) groups is 2. The molecule has 0 aliphatic carbocycles. The molecule has 0 unspecified atom stereocenters. The molecule has 0 bridgehead atoms. The number of amides is 1. The maximum Gasteiger partial charge on any atom is 0.290 e. The molecule has 2 N–H and O–H groups in total. The third kappa shape index (κ3) is 2.37. The van der Waals surface area contributed by atoms with Crippen LogP contribution >= 0.6 is 0 Å². The maximum atomic E-state index is 11.5. The quantitative estimate of drug-likeness (QED) is 0.348. The number of ketones is 1. The van der Waals surface area contributed by atoms with E-state index >= 15 is 0 Å². The number of rotatable bonds is 5. The summed E-state index contributed by atoms with van der Waals surface area (Å²) in [5.74, 6) is -2.52. The highest BCUT2D eigenvalue weighted by atomic mass is 16.6. The van der Waals surface area contributed by atoms with Crippen molar-refractivity contribution in [3.63, 3.8) is 0 Å². The van der Waals surface area contributed by atoms with E-state index in [-0.39, 0.29) is 11.5 Å². The number of hydrogen-bond donors (Lipinski definition) is 1. The summed E-state index contributed by atoms with van der Waals surface area (Å²) >= 11 is 0. The molecule has 96 valence electrons. The zero-order valence-corrected chi connectivity index (χ0v) is 9.63. The molecule has 1 aromatic carbocycles. The highest BCUT2D eigenvalue weighted by Gasteiger charge is 2.29. The van der Waals surface area contributed by atoms with Gasteiger partial charge in [0.2, 0.25) is 0 Å². The second-order valence-electron chi connectivity index (χ2n) is 3.17. The van der Waals surface area contributed by atoms with Crippen LogP contribution in [0.5, 0.6) is 11.5 Å². The zero-order valence-electron chi connectivity index (χ0n) is 9.63. The van der Waals surface area contributed by atoms with Crippen LogP contribution in [-0.2, 0) is 4.79 Å². The first-order valence-corrected chi connectivity index (χ1v) is 4.67. The van der Waals surface area contributed by atoms with Gasteiger partial charge in [0.15, 0.2) is 0 Å². The summed E-state index contributed by atoms with van der Waals surface area (Å²) in [6.07, 6.45) is 0. The SMILES string of the molecule is COc1cc(OC)c(C(=O)C(N)=O)c([N+](=O)[O-])c1. The van der Waals surface area contributed by atoms with Gasteiger partial charge >= 0.3 is 0 Å². The summed E-state index contributed by atoms with van der Waals surface area (Å²) < 4.78 is 9.67. The molecule has 0 heterocycles. The summed E-state index contributed by atoms with van der Waals surface area (Å²) in [4.78, 5) is 32.5. The van der Waals surface area contributed by atoms with Crippen LogP contribution in [0, 0.1) is 10.1 Å². The lowest BCUT2D eigenvalue weighted by Gasteiger charge is -2.09. The van der Waals surface area contributed by atoms with Crippen LogP contribution in [0.2, 0.25) is 0 Å². The molecule has 1 rings (SSSR count). The van der Waals surface area contributed by atoms with Crippen molar-refractivity contribution in [2.24, 2.45) is 5.73 Å². The van der Waals surface area contributed by atoms with E-state index < -0.39 is 27.9 Å². The molecule has 1 aromatic rings. The summed E-state index contributed by atoms with van der Waals surface area (Å²) in [7, 11) is 2.50. The third-order valence-electron chi connectivity index (χ3n) is 2.16. The maximum absolute atomic E-state index is 11.5. The van der Waals surface area contributed by atoms with Crippen molar-refractivity contribution in [2.75, 3.05) is 14.2 Å². The van der Waals surface area contributed by atoms with Gasteiger partial charge in [0.05, 0.1) is 25.2 Å². The Bertz CT molecular complexity index is 525. The van der Waals surface area contributed by atoms with Crippen LogP contribution in [0.3, 0.4) is 0 Å². The van der Waals surface area contributed by atoms with E-state index in [0.29, 0.717) is 0 Å². The zero-order chi connectivity index (χ0) is 13.9. The minimum Gasteiger partial charge on any atom is -0.496 e. The standard InChI is InChI=1S/C10H10N2O6/c1-17-5-3-6(12(15)16)8(7(4-5)18-2)9(13)10(11)14/h3-4H,1-2H3,(H2,11,14). The molecular formula is C10H10N2O6. The average molecular weight is 254 g/mol. The first-order valence-electron chi connectivity index (χ1n) is 4.67. The van der Waals surface area contributed by atoms with E-state index in [9.17, 15) is 19.7 Å². The molecule has 8 nitrogen and oxygen atoms in total. The number of nitro benzene ring substituents is 1. The Labute approximate surface area is 101 Å². The number of benzene rings is 1. The van der Waals surface area contributed by atoms with Gasteiger partial charge in [0, 0.05) is 6.07 Å². The van der Waals surface area contributed by atoms with Gasteiger partial charge < -0.3 is 15.2 Å². The molecule has 18 heavy (non-hydrogen) atoms. The lowest BCUT2D eigenvalue weighted by molar-refractivity contribution is -0.385. The molecule has 0 aliphatic rings. The number of hydrogen-bond acceptors (Lipinski definition) is 6. The monoisotopic (exact) mass is 254 g/mol. The fourth-order valence-corrected chi connectivity index (χ4v) is 1.35. The lowest BCUT2D eigenvalue weighted by Crippen LogP contribution is -2.24. The van der Waals surface area contributed by atoms with E-state index in [1.165, 1.54) is 20.3 Å². The van der Waals surface area contributed by atoms with Crippen LogP contribution < -0.4 is 15.2 Å². The van der Waals surface area contributed by atoms with Crippen molar-refractivity contribution in [1.29, 1.82) is 0 Å². The number of ether oxygens (including phenoxy) is 2. The normalized spacial score (nSPS) is 9.67. The number of Topliss-reactive ketones (excluding diaryl/α,β-unsaturated/α-hetero) is 1. The molecule has 0 aromatic heterocycles. The van der Waals surface area contributed by atoms with Crippen LogP contribution in [0.15, 0.2) is 12.1 Å². The Balaban J connectivity index is 3.59. The van der Waals surface area contributed by atoms with E-state index in [1.807, 2.05) is 0 Å². The second kappa shape index (κ2) is 5.13. The van der Waals surface area contributed by atoms with Crippen molar-refractivity contribution in [1.82, 2.24) is 0 Å². The van der Waals surface area contributed by atoms with Crippen LogP contribution in [0.25, 0.3) is 0 Å². The number of methoxy groups -OCH3 is 2. The minimum atomic E-state index is -1.30. The van der Waals surface area contributed by atoms with Gasteiger partial charge in [-0.3, -0.25) is 19.7 Å². The van der Waals surface area contributed by atoms with Crippen LogP contribution in [-0.4, -0.2) is 30.8 Å². The van der Waals surface area contributed by atoms with Crippen molar-refractivity contribution < 1.29 is 24.0 Å². The Morgan fingerprint density at radius 2 is 1.89 bits per heavy atom. The van der Waals surface area contributed by atoms with Crippen molar-refractivity contribution >= 4 is 17.4 Å². The van der Waals surface area contributed by atoms with Gasteiger partial charge in [-0.2, -0.15) is 0 Å². The number of nitrogens with two attached hydrogens (primary N) is 1. The van der Waals surface area contributed by atoms with Crippen molar-refractivity contribution in [3.05, 3.63) is 27.8 Å². The smallest absolute Gasteiger partial charge is 0.290 e. The fraction of sp³-hybridized carbons (Fsp3) is 0.200. The number of nitro groups is 1. The molecule has 0 spiro atoms. The fourth-order valence-electron chi connectivity index (χ4n) is 1.35. The summed E-state index contributed by atoms with van der Waals surface area (Å²) in [6, 6.07) is 2.27. The summed E-state index contributed by atoms with van der Waals surface area (Å²) in [5, 5.41) is 10.9. The molecular weight excluding hydrogens is 244 g/mol. The minimum absolute atomic E-state index is 0.125. The van der Waals surface area contributed by atoms with Gasteiger partial charge in [-0.15, -0.1) is 0 Å². The lowest BCUT2D eigenvalue weighted by atomic mass is 10.1. The molecule has 0 radical (unpaired) electrons. The van der Waals surface area contributed by atoms with Crippen molar-refractivity contribution in [2.45, 2.75) is 0 Å². The van der Waals surface area contributed by atoms with E-state index in [1.54, 1.807) is 0 Å². The van der Waals surface area contributed by atoms with E-state index in [2.05, 4.69) is 0 Å². The molecule has 0 atom stereocenters. The van der Waals surface area contributed by atoms with Gasteiger partial charge in [-0.25, -0.2) is 0 Å². The Hall–Kier alpha value is -2.64. The Morgan fingerprint density at radius 1 is 1.28 bits per heavy atom. The molecule has 0 saturated carbocycles. The molecule has 0 fully saturated rings. The number of carbonyl (C=O) groups excluding carboxylic acids is 2. The first kappa shape index (κ1) is 13.4. The van der Waals surface area contributed by atoms with Gasteiger partial charge in [0.1, 0.15) is 17.1 Å². The molecule has 1 amide bonds. The Kier molecular flexibility index (Phi) is 3.82. The largest absolute Gasteiger partial charge is 0.496 e. The third-order valence-corrected chi connectivity index (χ3v) is 2.16. The van der Waals surface area contributed by atoms with Gasteiger partial charge in [-0.1, -0.05) is 0 Å². The molecule has 0 saturated heterocycles. The first-order chi connectivity index (χ1) is 8.42. The van der Waals surface area contributed by atoms with E-state index in [4.69, 9.17) is 15.2 Å². The molecule has 8 heteroatoms. The highest BCUT2D eigenvalue weighted by molar-refractivity contribution is 6.43. The Morgan fingerprint density at radius 3 is 2.28 bits per heavy atom. The van der Waals surface area contributed by atoms with E-state index in [0.717, 1.165) is 6.07 Å². The summed E-state index contributed by atoms with van der Waals surface area (Å²) in [6.45, 7) is 0. The average Bonchev–Trinajstić information content (AvgIpc) is 2.35. The number of nitrogens with zero attached hydrogens (tertiary/aromatic N) is 1. The highest BCUT2D eigenvalue weighted by Crippen LogP contribution is 2.34. The predicted molar refractivity (Wildman–Crippen MR) is 59.7 cm³/mol. The van der Waals surface area contributed by atoms with Crippen LogP contribution in [0.1, 0.15) is 10.4 Å². The van der Waals surface area contributed by atoms with Gasteiger partial charge in [-0.05, 0) is 0 Å².